The first-order valence-corrected chi connectivity index (χ1v) is 10.3. The van der Waals surface area contributed by atoms with Crippen LogP contribution in [0.25, 0.3) is 0 Å². The van der Waals surface area contributed by atoms with Crippen LogP contribution in [0.5, 0.6) is 5.75 Å². The maximum atomic E-state index is 12.2. The molecule has 2 aromatic rings. The van der Waals surface area contributed by atoms with E-state index in [4.69, 9.17) is 4.74 Å². The van der Waals surface area contributed by atoms with Gasteiger partial charge >= 0.3 is 6.03 Å². The summed E-state index contributed by atoms with van der Waals surface area (Å²) in [4.78, 5) is 28.4. The van der Waals surface area contributed by atoms with Gasteiger partial charge in [0.15, 0.2) is 5.82 Å². The molecule has 150 valence electrons. The van der Waals surface area contributed by atoms with Crippen LogP contribution in [-0.4, -0.2) is 38.4 Å². The summed E-state index contributed by atoms with van der Waals surface area (Å²) in [5, 5.41) is 12.1. The number of thioether (sulfide) groups is 1. The van der Waals surface area contributed by atoms with Crippen LogP contribution in [0.4, 0.5) is 4.79 Å². The minimum absolute atomic E-state index is 0.166. The summed E-state index contributed by atoms with van der Waals surface area (Å²) in [7, 11) is 0. The number of nitrogens with one attached hydrogen (secondary N) is 3. The normalized spacial score (nSPS) is 15.2. The van der Waals surface area contributed by atoms with Gasteiger partial charge in [0.1, 0.15) is 12.4 Å². The summed E-state index contributed by atoms with van der Waals surface area (Å²) in [6.45, 7) is 3.94. The predicted molar refractivity (Wildman–Crippen MR) is 106 cm³/mol. The van der Waals surface area contributed by atoms with E-state index in [1.54, 1.807) is 6.92 Å². The van der Waals surface area contributed by atoms with Gasteiger partial charge in [-0.2, -0.15) is 0 Å². The van der Waals surface area contributed by atoms with Gasteiger partial charge in [-0.25, -0.2) is 9.78 Å². The number of carbonyl (C=O) groups excluding carboxylic acids is 2. The van der Waals surface area contributed by atoms with Crippen molar-refractivity contribution in [2.75, 3.05) is 0 Å². The third-order valence-corrected chi connectivity index (χ3v) is 5.51. The van der Waals surface area contributed by atoms with Gasteiger partial charge in [0.05, 0.1) is 5.25 Å². The first-order chi connectivity index (χ1) is 13.5. The Morgan fingerprint density at radius 2 is 2.07 bits per heavy atom. The molecule has 1 aromatic carbocycles. The van der Waals surface area contributed by atoms with Crippen molar-refractivity contribution < 1.29 is 14.3 Å². The van der Waals surface area contributed by atoms with E-state index < -0.39 is 11.3 Å². The van der Waals surface area contributed by atoms with Crippen LogP contribution in [-0.2, 0) is 11.4 Å². The van der Waals surface area contributed by atoms with Gasteiger partial charge in [-0.15, -0.1) is 5.10 Å². The summed E-state index contributed by atoms with van der Waals surface area (Å²) in [6.07, 6.45) is 4.17. The molecule has 1 atom stereocenters. The molecule has 1 aliphatic carbocycles. The Bertz CT molecular complexity index is 819. The van der Waals surface area contributed by atoms with Crippen LogP contribution >= 0.6 is 11.8 Å². The van der Waals surface area contributed by atoms with E-state index in [1.165, 1.54) is 11.8 Å². The molecular formula is C19H25N5O3S. The van der Waals surface area contributed by atoms with Gasteiger partial charge in [0.2, 0.25) is 11.1 Å². The molecule has 1 saturated carbocycles. The minimum Gasteiger partial charge on any atom is -0.485 e. The third kappa shape index (κ3) is 5.72. The number of aryl methyl sites for hydroxylation is 1. The lowest BCUT2D eigenvalue weighted by molar-refractivity contribution is -0.119. The highest BCUT2D eigenvalue weighted by molar-refractivity contribution is 8.00. The molecule has 0 radical (unpaired) electrons. The monoisotopic (exact) mass is 403 g/mol. The van der Waals surface area contributed by atoms with Crippen LogP contribution in [0.2, 0.25) is 0 Å². The molecule has 0 bridgehead atoms. The number of rotatable bonds is 7. The van der Waals surface area contributed by atoms with Gasteiger partial charge in [0.25, 0.3) is 0 Å². The van der Waals surface area contributed by atoms with Gasteiger partial charge in [0, 0.05) is 6.04 Å². The predicted octanol–water partition coefficient (Wildman–Crippen LogP) is 2.94. The van der Waals surface area contributed by atoms with E-state index in [1.807, 2.05) is 31.2 Å². The Balaban J connectivity index is 1.45. The van der Waals surface area contributed by atoms with Crippen LogP contribution in [0.1, 0.15) is 44.0 Å². The maximum absolute atomic E-state index is 12.2. The molecule has 0 aliphatic heterocycles. The van der Waals surface area contributed by atoms with Crippen LogP contribution in [0, 0.1) is 6.92 Å². The molecule has 1 fully saturated rings. The fraction of sp³-hybridized carbons (Fsp3) is 0.474. The zero-order valence-electron chi connectivity index (χ0n) is 16.0. The molecule has 9 heteroatoms. The summed E-state index contributed by atoms with van der Waals surface area (Å²) >= 11 is 1.18. The van der Waals surface area contributed by atoms with E-state index in [-0.39, 0.29) is 18.6 Å². The largest absolute Gasteiger partial charge is 0.485 e. The van der Waals surface area contributed by atoms with E-state index in [9.17, 15) is 9.59 Å². The second kappa shape index (κ2) is 9.59. The van der Waals surface area contributed by atoms with E-state index in [0.717, 1.165) is 37.0 Å². The highest BCUT2D eigenvalue weighted by Gasteiger charge is 2.22. The number of para-hydroxylation sites is 1. The third-order valence-electron chi connectivity index (χ3n) is 4.55. The van der Waals surface area contributed by atoms with E-state index in [0.29, 0.717) is 11.0 Å². The Labute approximate surface area is 168 Å². The summed E-state index contributed by atoms with van der Waals surface area (Å²) < 4.78 is 5.73. The van der Waals surface area contributed by atoms with Crippen molar-refractivity contribution in [1.29, 1.82) is 0 Å². The van der Waals surface area contributed by atoms with Gasteiger partial charge < -0.3 is 10.1 Å². The average Bonchev–Trinajstić information content (AvgIpc) is 3.33. The van der Waals surface area contributed by atoms with Crippen LogP contribution < -0.4 is 15.4 Å². The van der Waals surface area contributed by atoms with Crippen LogP contribution in [0.15, 0.2) is 29.4 Å². The number of imide groups is 1. The molecule has 0 spiro atoms. The first-order valence-electron chi connectivity index (χ1n) is 9.39. The summed E-state index contributed by atoms with van der Waals surface area (Å²) in [5.41, 5.74) is 1.04. The molecule has 0 unspecified atom stereocenters. The standard InChI is InChI=1S/C19H25N5O3S/c1-12-7-3-6-10-15(12)27-11-16-21-19(24-23-16)28-13(2)17(25)22-18(26)20-14-8-4-5-9-14/h3,6-7,10,13-14H,4-5,8-9,11H2,1-2H3,(H,21,23,24)(H2,20,22,25,26)/t13-/m1/s1. The molecule has 3 rings (SSSR count). The Kier molecular flexibility index (Phi) is 6.91. The summed E-state index contributed by atoms with van der Waals surface area (Å²) in [5.74, 6) is 0.981. The number of carbonyl (C=O) groups is 2. The van der Waals surface area contributed by atoms with E-state index >= 15 is 0 Å². The lowest BCUT2D eigenvalue weighted by Crippen LogP contribution is -2.45. The number of hydrogen-bond acceptors (Lipinski definition) is 6. The second-order valence-electron chi connectivity index (χ2n) is 6.82. The molecule has 3 N–H and O–H groups in total. The second-order valence-corrected chi connectivity index (χ2v) is 8.13. The number of H-pyrrole nitrogens is 1. The van der Waals surface area contributed by atoms with Gasteiger partial charge in [-0.05, 0) is 38.3 Å². The lowest BCUT2D eigenvalue weighted by atomic mass is 10.2. The molecule has 3 amide bonds. The summed E-state index contributed by atoms with van der Waals surface area (Å²) in [6, 6.07) is 7.45. The number of aromatic nitrogens is 3. The number of benzene rings is 1. The van der Waals surface area contributed by atoms with Crippen molar-refractivity contribution in [3.8, 4) is 5.75 Å². The number of aromatic amines is 1. The fourth-order valence-electron chi connectivity index (χ4n) is 2.98. The zero-order valence-corrected chi connectivity index (χ0v) is 16.8. The Morgan fingerprint density at radius 1 is 1.32 bits per heavy atom. The fourth-order valence-corrected chi connectivity index (χ4v) is 3.72. The average molecular weight is 404 g/mol. The molecule has 0 saturated heterocycles. The van der Waals surface area contributed by atoms with Crippen molar-refractivity contribution in [2.24, 2.45) is 0 Å². The molecular weight excluding hydrogens is 378 g/mol. The maximum Gasteiger partial charge on any atom is 0.321 e. The number of urea groups is 1. The number of ether oxygens (including phenoxy) is 1. The van der Waals surface area contributed by atoms with Crippen molar-refractivity contribution in [3.63, 3.8) is 0 Å². The van der Waals surface area contributed by atoms with Crippen LogP contribution in [0.3, 0.4) is 0 Å². The number of amides is 3. The molecule has 1 aliphatic rings. The minimum atomic E-state index is -0.504. The highest BCUT2D eigenvalue weighted by Crippen LogP contribution is 2.21. The van der Waals surface area contributed by atoms with Gasteiger partial charge in [-0.1, -0.05) is 42.8 Å². The van der Waals surface area contributed by atoms with Crippen molar-refractivity contribution in [1.82, 2.24) is 25.8 Å². The SMILES string of the molecule is Cc1ccccc1OCc1nc(S[C@H](C)C(=O)NC(=O)NC2CCCC2)n[nH]1. The molecule has 28 heavy (non-hydrogen) atoms. The van der Waals surface area contributed by atoms with E-state index in [2.05, 4.69) is 25.8 Å². The van der Waals surface area contributed by atoms with Crippen molar-refractivity contribution in [2.45, 2.75) is 62.6 Å². The highest BCUT2D eigenvalue weighted by atomic mass is 32.2. The zero-order chi connectivity index (χ0) is 19.9. The lowest BCUT2D eigenvalue weighted by Gasteiger charge is -2.14. The number of nitrogens with zero attached hydrogens (tertiary/aromatic N) is 2. The van der Waals surface area contributed by atoms with Crippen molar-refractivity contribution >= 4 is 23.7 Å². The molecule has 8 nitrogen and oxygen atoms in total. The van der Waals surface area contributed by atoms with Gasteiger partial charge in [-0.3, -0.25) is 15.2 Å². The topological polar surface area (TPSA) is 109 Å². The molecule has 1 heterocycles. The number of hydrogen-bond donors (Lipinski definition) is 3. The smallest absolute Gasteiger partial charge is 0.321 e. The quantitative estimate of drug-likeness (QED) is 0.613. The Hall–Kier alpha value is -2.55. The first kappa shape index (κ1) is 20.2. The molecule has 1 aromatic heterocycles. The van der Waals surface area contributed by atoms with Crippen molar-refractivity contribution in [3.05, 3.63) is 35.7 Å². The Morgan fingerprint density at radius 3 is 2.82 bits per heavy atom.